The van der Waals surface area contributed by atoms with Crippen LogP contribution < -0.4 is 5.32 Å². The second kappa shape index (κ2) is 6.20. The lowest BCUT2D eigenvalue weighted by Gasteiger charge is -2.55. The Labute approximate surface area is 156 Å². The summed E-state index contributed by atoms with van der Waals surface area (Å²) in [5, 5.41) is 14.4. The van der Waals surface area contributed by atoms with Crippen LogP contribution in [0, 0.1) is 27.9 Å². The van der Waals surface area contributed by atoms with E-state index in [9.17, 15) is 14.9 Å². The highest BCUT2D eigenvalue weighted by Gasteiger charge is 2.48. The van der Waals surface area contributed by atoms with E-state index in [4.69, 9.17) is 4.42 Å². The molecule has 4 bridgehead atoms. The average molecular weight is 367 g/mol. The summed E-state index contributed by atoms with van der Waals surface area (Å²) in [6.07, 6.45) is 2.38. The van der Waals surface area contributed by atoms with Gasteiger partial charge in [0.25, 0.3) is 11.6 Å². The van der Waals surface area contributed by atoms with Gasteiger partial charge in [-0.1, -0.05) is 12.1 Å². The van der Waals surface area contributed by atoms with E-state index in [2.05, 4.69) is 10.2 Å². The highest BCUT2D eigenvalue weighted by molar-refractivity contribution is 5.92. The number of nitro benzene ring substituents is 1. The number of hydrogen-bond acceptors (Lipinski definition) is 5. The van der Waals surface area contributed by atoms with E-state index in [0.29, 0.717) is 23.2 Å². The maximum Gasteiger partial charge on any atom is 0.287 e. The lowest BCUT2D eigenvalue weighted by Crippen LogP contribution is -2.64. The van der Waals surface area contributed by atoms with Crippen molar-refractivity contribution in [2.24, 2.45) is 17.8 Å². The predicted octanol–water partition coefficient (Wildman–Crippen LogP) is 2.92. The van der Waals surface area contributed by atoms with Gasteiger partial charge >= 0.3 is 0 Å². The summed E-state index contributed by atoms with van der Waals surface area (Å²) in [6.45, 7) is 3.35. The van der Waals surface area contributed by atoms with Crippen LogP contribution in [-0.2, 0) is 0 Å². The summed E-state index contributed by atoms with van der Waals surface area (Å²) in [4.78, 5) is 26.0. The van der Waals surface area contributed by atoms with Crippen molar-refractivity contribution in [3.8, 4) is 11.3 Å². The normalized spacial score (nSPS) is 31.0. The maximum atomic E-state index is 12.7. The fourth-order valence-corrected chi connectivity index (χ4v) is 5.31. The van der Waals surface area contributed by atoms with Gasteiger partial charge in [-0.15, -0.1) is 0 Å². The number of carbonyl (C=O) groups excluding carboxylic acids is 1. The fourth-order valence-electron chi connectivity index (χ4n) is 5.31. The zero-order valence-corrected chi connectivity index (χ0v) is 14.8. The van der Waals surface area contributed by atoms with Crippen molar-refractivity contribution in [2.75, 3.05) is 19.6 Å². The van der Waals surface area contributed by atoms with Gasteiger partial charge in [0.05, 0.1) is 10.5 Å². The number of nitrogens with zero attached hydrogens (tertiary/aromatic N) is 2. The van der Waals surface area contributed by atoms with Crippen molar-refractivity contribution in [2.45, 2.75) is 18.9 Å². The molecule has 6 rings (SSSR count). The van der Waals surface area contributed by atoms with Crippen LogP contribution in [0.2, 0.25) is 0 Å². The predicted molar refractivity (Wildman–Crippen MR) is 98.2 cm³/mol. The molecule has 1 aliphatic carbocycles. The molecule has 4 heterocycles. The minimum atomic E-state index is -0.443. The number of furan rings is 1. The van der Waals surface area contributed by atoms with Crippen molar-refractivity contribution in [3.05, 3.63) is 52.3 Å². The fraction of sp³-hybridized carbons (Fsp3) is 0.450. The molecule has 7 heteroatoms. The summed E-state index contributed by atoms with van der Waals surface area (Å²) in [5.74, 6) is 2.13. The quantitative estimate of drug-likeness (QED) is 0.663. The van der Waals surface area contributed by atoms with E-state index >= 15 is 0 Å². The van der Waals surface area contributed by atoms with Crippen LogP contribution in [0.4, 0.5) is 5.69 Å². The van der Waals surface area contributed by atoms with Crippen molar-refractivity contribution in [3.63, 3.8) is 0 Å². The molecule has 2 aromatic rings. The largest absolute Gasteiger partial charge is 0.451 e. The first-order valence-electron chi connectivity index (χ1n) is 9.45. The molecule has 3 aliphatic heterocycles. The van der Waals surface area contributed by atoms with Gasteiger partial charge in [-0.2, -0.15) is 0 Å². The van der Waals surface area contributed by atoms with Gasteiger partial charge in [0.2, 0.25) is 0 Å². The summed E-state index contributed by atoms with van der Waals surface area (Å²) in [7, 11) is 0. The van der Waals surface area contributed by atoms with Crippen LogP contribution in [0.15, 0.2) is 40.8 Å². The number of hydrogen-bond donors (Lipinski definition) is 1. The molecule has 140 valence electrons. The summed E-state index contributed by atoms with van der Waals surface area (Å²) in [5.41, 5.74) is 0.345. The third kappa shape index (κ3) is 2.82. The van der Waals surface area contributed by atoms with Crippen LogP contribution >= 0.6 is 0 Å². The Hall–Kier alpha value is -2.67. The number of rotatable bonds is 4. The van der Waals surface area contributed by atoms with Gasteiger partial charge in [-0.25, -0.2) is 0 Å². The van der Waals surface area contributed by atoms with Crippen molar-refractivity contribution in [1.29, 1.82) is 0 Å². The third-order valence-electron chi connectivity index (χ3n) is 6.28. The van der Waals surface area contributed by atoms with E-state index in [0.717, 1.165) is 19.0 Å². The number of amides is 1. The van der Waals surface area contributed by atoms with Crippen molar-refractivity contribution < 1.29 is 14.1 Å². The van der Waals surface area contributed by atoms with Crippen LogP contribution in [0.3, 0.4) is 0 Å². The molecule has 27 heavy (non-hydrogen) atoms. The zero-order valence-electron chi connectivity index (χ0n) is 14.8. The first-order valence-corrected chi connectivity index (χ1v) is 9.45. The van der Waals surface area contributed by atoms with E-state index in [1.54, 1.807) is 30.3 Å². The zero-order chi connectivity index (χ0) is 18.5. The Balaban J connectivity index is 1.35. The second-order valence-corrected chi connectivity index (χ2v) is 8.01. The Morgan fingerprint density at radius 1 is 1.11 bits per heavy atom. The molecule has 0 spiro atoms. The highest BCUT2D eigenvalue weighted by atomic mass is 16.6. The molecule has 1 aromatic heterocycles. The molecule has 7 nitrogen and oxygen atoms in total. The van der Waals surface area contributed by atoms with Gasteiger partial charge in [0.1, 0.15) is 5.76 Å². The van der Waals surface area contributed by atoms with Gasteiger partial charge < -0.3 is 14.6 Å². The van der Waals surface area contributed by atoms with Gasteiger partial charge in [-0.05, 0) is 48.8 Å². The summed E-state index contributed by atoms with van der Waals surface area (Å²) in [6, 6.07) is 9.81. The topological polar surface area (TPSA) is 88.6 Å². The first kappa shape index (κ1) is 16.5. The maximum absolute atomic E-state index is 12.7. The smallest absolute Gasteiger partial charge is 0.287 e. The highest BCUT2D eigenvalue weighted by Crippen LogP contribution is 2.43. The number of para-hydroxylation sites is 1. The third-order valence-corrected chi connectivity index (χ3v) is 6.28. The Bertz CT molecular complexity index is 878. The Kier molecular flexibility index (Phi) is 3.79. The molecule has 4 aliphatic rings. The molecule has 0 radical (unpaired) electrons. The molecule has 1 N–H and O–H groups in total. The number of benzene rings is 1. The first-order chi connectivity index (χ1) is 13.1. The molecule has 4 fully saturated rings. The van der Waals surface area contributed by atoms with Crippen LogP contribution in [-0.4, -0.2) is 41.4 Å². The molecule has 0 unspecified atom stereocenters. The minimum absolute atomic E-state index is 0.0334. The summed E-state index contributed by atoms with van der Waals surface area (Å²) < 4.78 is 5.69. The van der Waals surface area contributed by atoms with Gasteiger partial charge in [0.15, 0.2) is 5.76 Å². The Morgan fingerprint density at radius 3 is 2.56 bits per heavy atom. The van der Waals surface area contributed by atoms with Crippen LogP contribution in [0.25, 0.3) is 11.3 Å². The molecule has 1 amide bonds. The average Bonchev–Trinajstić information content (AvgIpc) is 3.14. The molecular formula is C20H21N3O4. The molecule has 3 saturated heterocycles. The van der Waals surface area contributed by atoms with E-state index in [-0.39, 0.29) is 23.4 Å². The molecule has 2 atom stereocenters. The van der Waals surface area contributed by atoms with E-state index < -0.39 is 4.92 Å². The number of nitrogens with one attached hydrogen (secondary N) is 1. The molecule has 1 saturated carbocycles. The molecule has 1 aromatic carbocycles. The standard InChI is InChI=1S/C20H21N3O4/c24-20(21-19-13-7-12-8-14(19)11-22(9-12)10-13)18-6-5-17(27-18)15-3-1-2-4-16(15)23(25)26/h1-6,12-14,19H,7-11H2,(H,21,24)/t12?,13-,14-,19?/m0/s1. The minimum Gasteiger partial charge on any atom is -0.451 e. The van der Waals surface area contributed by atoms with Crippen LogP contribution in [0.5, 0.6) is 0 Å². The van der Waals surface area contributed by atoms with Crippen molar-refractivity contribution in [1.82, 2.24) is 10.2 Å². The molecular weight excluding hydrogens is 346 g/mol. The van der Waals surface area contributed by atoms with Gasteiger partial charge in [-0.3, -0.25) is 14.9 Å². The lowest BCUT2D eigenvalue weighted by molar-refractivity contribution is -0.384. The summed E-state index contributed by atoms with van der Waals surface area (Å²) >= 11 is 0. The van der Waals surface area contributed by atoms with E-state index in [1.807, 2.05) is 0 Å². The second-order valence-electron chi connectivity index (χ2n) is 8.01. The van der Waals surface area contributed by atoms with E-state index in [1.165, 1.54) is 25.5 Å². The Morgan fingerprint density at radius 2 is 1.85 bits per heavy atom. The monoisotopic (exact) mass is 367 g/mol. The lowest BCUT2D eigenvalue weighted by atomic mass is 9.65. The number of nitro groups is 1. The number of carbonyl (C=O) groups is 1. The SMILES string of the molecule is O=C(NC1[C@H]2CC3C[C@H]1CN(C3)C2)c1ccc(-c2ccccc2[N+](=O)[O-])o1. The van der Waals surface area contributed by atoms with Crippen molar-refractivity contribution >= 4 is 11.6 Å². The van der Waals surface area contributed by atoms with Crippen LogP contribution in [0.1, 0.15) is 23.4 Å². The van der Waals surface area contributed by atoms with Gasteiger partial charge in [0, 0.05) is 31.7 Å². The number of piperidine rings is 3.